The van der Waals surface area contributed by atoms with Gasteiger partial charge in [-0.15, -0.1) is 0 Å². The zero-order valence-electron chi connectivity index (χ0n) is 13.8. The molecule has 0 saturated heterocycles. The van der Waals surface area contributed by atoms with Crippen LogP contribution in [0.2, 0.25) is 0 Å². The van der Waals surface area contributed by atoms with Crippen molar-refractivity contribution in [1.82, 2.24) is 5.32 Å². The number of esters is 1. The summed E-state index contributed by atoms with van der Waals surface area (Å²) in [5, 5.41) is 3.43. The highest BCUT2D eigenvalue weighted by molar-refractivity contribution is 5.71. The number of ether oxygens (including phenoxy) is 2. The minimum absolute atomic E-state index is 0.0412. The summed E-state index contributed by atoms with van der Waals surface area (Å²) in [4.78, 5) is 11.4. The SMILES string of the molecule is CCOC(=O)COc1c(C)cc(CNCC(C)C)cc1C. The van der Waals surface area contributed by atoms with Gasteiger partial charge in [0, 0.05) is 6.54 Å². The minimum atomic E-state index is -0.334. The Balaban J connectivity index is 2.64. The van der Waals surface area contributed by atoms with E-state index >= 15 is 0 Å². The second-order valence-electron chi connectivity index (χ2n) is 5.68. The highest BCUT2D eigenvalue weighted by atomic mass is 16.6. The molecule has 0 saturated carbocycles. The second-order valence-corrected chi connectivity index (χ2v) is 5.68. The van der Waals surface area contributed by atoms with E-state index < -0.39 is 0 Å². The van der Waals surface area contributed by atoms with Crippen molar-refractivity contribution >= 4 is 5.97 Å². The predicted molar refractivity (Wildman–Crippen MR) is 84.6 cm³/mol. The quantitative estimate of drug-likeness (QED) is 0.749. The maximum absolute atomic E-state index is 11.4. The average molecular weight is 293 g/mol. The Bertz CT molecular complexity index is 446. The Morgan fingerprint density at radius 2 is 1.86 bits per heavy atom. The molecule has 0 heterocycles. The van der Waals surface area contributed by atoms with Crippen LogP contribution in [0.1, 0.15) is 37.5 Å². The predicted octanol–water partition coefficient (Wildman–Crippen LogP) is 2.99. The molecule has 0 unspecified atom stereocenters. The van der Waals surface area contributed by atoms with E-state index in [1.807, 2.05) is 13.8 Å². The highest BCUT2D eigenvalue weighted by Gasteiger charge is 2.09. The van der Waals surface area contributed by atoms with Gasteiger partial charge in [0.05, 0.1) is 6.61 Å². The summed E-state index contributed by atoms with van der Waals surface area (Å²) >= 11 is 0. The van der Waals surface area contributed by atoms with Crippen molar-refractivity contribution in [3.05, 3.63) is 28.8 Å². The van der Waals surface area contributed by atoms with Crippen LogP contribution >= 0.6 is 0 Å². The summed E-state index contributed by atoms with van der Waals surface area (Å²) in [6.45, 7) is 12.3. The molecule has 118 valence electrons. The smallest absolute Gasteiger partial charge is 0.344 e. The Hall–Kier alpha value is -1.55. The molecule has 0 aliphatic rings. The molecular formula is C17H27NO3. The summed E-state index contributed by atoms with van der Waals surface area (Å²) in [5.41, 5.74) is 3.32. The molecule has 0 radical (unpaired) electrons. The van der Waals surface area contributed by atoms with Crippen LogP contribution in [0.25, 0.3) is 0 Å². The van der Waals surface area contributed by atoms with E-state index in [-0.39, 0.29) is 12.6 Å². The van der Waals surface area contributed by atoms with Crippen molar-refractivity contribution in [3.63, 3.8) is 0 Å². The summed E-state index contributed by atoms with van der Waals surface area (Å²) in [6.07, 6.45) is 0. The van der Waals surface area contributed by atoms with Crippen molar-refractivity contribution in [2.75, 3.05) is 19.8 Å². The molecule has 0 spiro atoms. The van der Waals surface area contributed by atoms with Gasteiger partial charge in [0.15, 0.2) is 6.61 Å². The normalized spacial score (nSPS) is 10.8. The van der Waals surface area contributed by atoms with Crippen LogP contribution in [-0.2, 0) is 16.1 Å². The largest absolute Gasteiger partial charge is 0.481 e. The van der Waals surface area contributed by atoms with Gasteiger partial charge in [-0.05, 0) is 49.9 Å². The standard InChI is InChI=1S/C17H27NO3/c1-6-20-16(19)11-21-17-13(4)7-15(8-14(17)5)10-18-9-12(2)3/h7-8,12,18H,6,9-11H2,1-5H3. The molecule has 4 nitrogen and oxygen atoms in total. The number of nitrogens with one attached hydrogen (secondary N) is 1. The fourth-order valence-corrected chi connectivity index (χ4v) is 2.21. The van der Waals surface area contributed by atoms with Gasteiger partial charge in [-0.25, -0.2) is 4.79 Å². The summed E-state index contributed by atoms with van der Waals surface area (Å²) in [6, 6.07) is 4.20. The molecule has 4 heteroatoms. The van der Waals surface area contributed by atoms with Crippen molar-refractivity contribution in [3.8, 4) is 5.75 Å². The average Bonchev–Trinajstić information content (AvgIpc) is 2.37. The molecule has 0 fully saturated rings. The second kappa shape index (κ2) is 8.67. The first-order valence-corrected chi connectivity index (χ1v) is 7.53. The third kappa shape index (κ3) is 6.17. The van der Waals surface area contributed by atoms with Crippen LogP contribution in [0.5, 0.6) is 5.75 Å². The third-order valence-corrected chi connectivity index (χ3v) is 3.04. The van der Waals surface area contributed by atoms with Gasteiger partial charge in [-0.1, -0.05) is 26.0 Å². The number of aryl methyl sites for hydroxylation is 2. The van der Waals surface area contributed by atoms with Crippen LogP contribution in [0, 0.1) is 19.8 Å². The Morgan fingerprint density at radius 3 is 2.38 bits per heavy atom. The minimum Gasteiger partial charge on any atom is -0.481 e. The Morgan fingerprint density at radius 1 is 1.24 bits per heavy atom. The molecule has 0 amide bonds. The van der Waals surface area contributed by atoms with Crippen LogP contribution in [0.3, 0.4) is 0 Å². The van der Waals surface area contributed by atoms with Gasteiger partial charge in [0.2, 0.25) is 0 Å². The first kappa shape index (κ1) is 17.5. The number of benzene rings is 1. The molecule has 1 rings (SSSR count). The van der Waals surface area contributed by atoms with E-state index in [1.54, 1.807) is 6.92 Å². The maximum atomic E-state index is 11.4. The van der Waals surface area contributed by atoms with Gasteiger partial charge >= 0.3 is 5.97 Å². The number of hydrogen-bond acceptors (Lipinski definition) is 4. The Labute approximate surface area is 127 Å². The van der Waals surface area contributed by atoms with Gasteiger partial charge in [0.25, 0.3) is 0 Å². The van der Waals surface area contributed by atoms with Crippen LogP contribution < -0.4 is 10.1 Å². The highest BCUT2D eigenvalue weighted by Crippen LogP contribution is 2.24. The maximum Gasteiger partial charge on any atom is 0.344 e. The summed E-state index contributed by atoms with van der Waals surface area (Å²) < 4.78 is 10.5. The molecule has 0 aliphatic carbocycles. The summed E-state index contributed by atoms with van der Waals surface area (Å²) in [5.74, 6) is 1.08. The lowest BCUT2D eigenvalue weighted by molar-refractivity contribution is -0.145. The van der Waals surface area contributed by atoms with Crippen molar-refractivity contribution < 1.29 is 14.3 Å². The monoisotopic (exact) mass is 293 g/mol. The molecule has 0 atom stereocenters. The van der Waals surface area contributed by atoms with Crippen molar-refractivity contribution in [2.24, 2.45) is 5.92 Å². The van der Waals surface area contributed by atoms with E-state index in [0.29, 0.717) is 12.5 Å². The molecular weight excluding hydrogens is 266 g/mol. The lowest BCUT2D eigenvalue weighted by Gasteiger charge is -2.14. The first-order chi connectivity index (χ1) is 9.93. The lowest BCUT2D eigenvalue weighted by atomic mass is 10.1. The first-order valence-electron chi connectivity index (χ1n) is 7.53. The van der Waals surface area contributed by atoms with E-state index in [1.165, 1.54) is 5.56 Å². The molecule has 1 aromatic rings. The number of rotatable bonds is 8. The van der Waals surface area contributed by atoms with E-state index in [2.05, 4.69) is 31.3 Å². The lowest BCUT2D eigenvalue weighted by Crippen LogP contribution is -2.19. The van der Waals surface area contributed by atoms with Gasteiger partial charge in [-0.3, -0.25) is 0 Å². The van der Waals surface area contributed by atoms with Crippen molar-refractivity contribution in [2.45, 2.75) is 41.2 Å². The molecule has 0 aliphatic heterocycles. The number of carbonyl (C=O) groups is 1. The zero-order chi connectivity index (χ0) is 15.8. The van der Waals surface area contributed by atoms with Gasteiger partial charge in [0.1, 0.15) is 5.75 Å². The van der Waals surface area contributed by atoms with E-state index in [4.69, 9.17) is 9.47 Å². The van der Waals surface area contributed by atoms with E-state index in [9.17, 15) is 4.79 Å². The van der Waals surface area contributed by atoms with Crippen molar-refractivity contribution in [1.29, 1.82) is 0 Å². The number of carbonyl (C=O) groups excluding carboxylic acids is 1. The molecule has 0 aromatic heterocycles. The molecule has 21 heavy (non-hydrogen) atoms. The third-order valence-electron chi connectivity index (χ3n) is 3.04. The Kier molecular flexibility index (Phi) is 7.23. The molecule has 1 N–H and O–H groups in total. The molecule has 0 bridgehead atoms. The molecule has 1 aromatic carbocycles. The fraction of sp³-hybridized carbons (Fsp3) is 0.588. The van der Waals surface area contributed by atoms with Crippen LogP contribution in [0.15, 0.2) is 12.1 Å². The fourth-order valence-electron chi connectivity index (χ4n) is 2.21. The van der Waals surface area contributed by atoms with Gasteiger partial charge < -0.3 is 14.8 Å². The van der Waals surface area contributed by atoms with E-state index in [0.717, 1.165) is 30.0 Å². The topological polar surface area (TPSA) is 47.6 Å². The van der Waals surface area contributed by atoms with Gasteiger partial charge in [-0.2, -0.15) is 0 Å². The van der Waals surface area contributed by atoms with Crippen LogP contribution in [0.4, 0.5) is 0 Å². The summed E-state index contributed by atoms with van der Waals surface area (Å²) in [7, 11) is 0. The zero-order valence-corrected chi connectivity index (χ0v) is 13.8. The number of hydrogen-bond donors (Lipinski definition) is 1. The van der Waals surface area contributed by atoms with Crippen LogP contribution in [-0.4, -0.2) is 25.7 Å².